The van der Waals surface area contributed by atoms with Gasteiger partial charge in [0.05, 0.1) is 17.1 Å². The maximum atomic E-state index is 12.5. The number of anilines is 1. The molecule has 1 aliphatic heterocycles. The van der Waals surface area contributed by atoms with E-state index in [1.54, 1.807) is 6.07 Å². The summed E-state index contributed by atoms with van der Waals surface area (Å²) in [6.45, 7) is 0.603. The van der Waals surface area contributed by atoms with Crippen molar-refractivity contribution < 1.29 is 13.2 Å². The van der Waals surface area contributed by atoms with E-state index in [0.717, 1.165) is 0 Å². The van der Waals surface area contributed by atoms with Crippen LogP contribution >= 0.6 is 15.9 Å². The third-order valence-electron chi connectivity index (χ3n) is 3.06. The molecule has 1 saturated heterocycles. The number of nitrogen functional groups attached to an aromatic ring is 1. The number of carbonyl (C=O) groups excluding carboxylic acids is 1. The van der Waals surface area contributed by atoms with Gasteiger partial charge in [-0.05, 0) is 28.4 Å². The molecule has 3 N–H and O–H groups in total. The summed E-state index contributed by atoms with van der Waals surface area (Å²) in [5.74, 6) is 5.45. The van der Waals surface area contributed by atoms with Gasteiger partial charge < -0.3 is 10.3 Å². The Hall–Kier alpha value is -1.19. The first-order valence-corrected chi connectivity index (χ1v) is 8.66. The third kappa shape index (κ3) is 3.47. The minimum absolute atomic E-state index is 0.00837. The fraction of sp³-hybridized carbons (Fsp3) is 0.455. The zero-order valence-electron chi connectivity index (χ0n) is 10.7. The standard InChI is InChI=1S/C11H15BrN4O3S/c12-8-6-9(10(15-13)14-7-8)11(17)16-2-1-4-20(18,19)5-3-16/h6-7H,1-5,13H2,(H,14,15). The van der Waals surface area contributed by atoms with Gasteiger partial charge in [-0.2, -0.15) is 0 Å². The monoisotopic (exact) mass is 362 g/mol. The number of pyridine rings is 1. The number of aromatic nitrogens is 1. The van der Waals surface area contributed by atoms with Crippen LogP contribution in [-0.2, 0) is 9.84 Å². The van der Waals surface area contributed by atoms with E-state index in [-0.39, 0.29) is 29.8 Å². The van der Waals surface area contributed by atoms with E-state index in [4.69, 9.17) is 5.84 Å². The molecule has 1 aromatic rings. The van der Waals surface area contributed by atoms with E-state index >= 15 is 0 Å². The van der Waals surface area contributed by atoms with Crippen molar-refractivity contribution in [2.75, 3.05) is 30.0 Å². The van der Waals surface area contributed by atoms with Crippen LogP contribution in [0.2, 0.25) is 0 Å². The molecule has 1 aliphatic rings. The number of carbonyl (C=O) groups is 1. The number of rotatable bonds is 2. The number of nitrogens with zero attached hydrogens (tertiary/aromatic N) is 2. The molecule has 0 spiro atoms. The highest BCUT2D eigenvalue weighted by atomic mass is 79.9. The Balaban J connectivity index is 2.25. The lowest BCUT2D eigenvalue weighted by Crippen LogP contribution is -2.34. The van der Waals surface area contributed by atoms with E-state index in [0.29, 0.717) is 23.0 Å². The predicted molar refractivity (Wildman–Crippen MR) is 78.9 cm³/mol. The summed E-state index contributed by atoms with van der Waals surface area (Å²) in [5.41, 5.74) is 2.70. The Kier molecular flexibility index (Phi) is 4.61. The maximum Gasteiger partial charge on any atom is 0.257 e. The van der Waals surface area contributed by atoms with Gasteiger partial charge in [0.2, 0.25) is 0 Å². The summed E-state index contributed by atoms with van der Waals surface area (Å²) in [6.07, 6.45) is 1.97. The highest BCUT2D eigenvalue weighted by Crippen LogP contribution is 2.20. The number of hydrazine groups is 1. The third-order valence-corrected chi connectivity index (χ3v) is 5.21. The van der Waals surface area contributed by atoms with Gasteiger partial charge in [0.1, 0.15) is 0 Å². The van der Waals surface area contributed by atoms with E-state index in [1.807, 2.05) is 0 Å². The van der Waals surface area contributed by atoms with Gasteiger partial charge in [-0.25, -0.2) is 19.2 Å². The van der Waals surface area contributed by atoms with Gasteiger partial charge in [0, 0.05) is 23.8 Å². The molecule has 1 amide bonds. The highest BCUT2D eigenvalue weighted by molar-refractivity contribution is 9.10. The van der Waals surface area contributed by atoms with Crippen LogP contribution in [0.3, 0.4) is 0 Å². The highest BCUT2D eigenvalue weighted by Gasteiger charge is 2.25. The first-order chi connectivity index (χ1) is 9.43. The minimum Gasteiger partial charge on any atom is -0.337 e. The number of amides is 1. The average molecular weight is 363 g/mol. The lowest BCUT2D eigenvalue weighted by atomic mass is 10.2. The Morgan fingerprint density at radius 2 is 2.15 bits per heavy atom. The van der Waals surface area contributed by atoms with Gasteiger partial charge in [-0.3, -0.25) is 4.79 Å². The molecule has 0 saturated carbocycles. The van der Waals surface area contributed by atoms with Gasteiger partial charge in [0.25, 0.3) is 5.91 Å². The van der Waals surface area contributed by atoms with Crippen molar-refractivity contribution in [3.05, 3.63) is 22.3 Å². The van der Waals surface area contributed by atoms with Crippen molar-refractivity contribution in [2.24, 2.45) is 5.84 Å². The van der Waals surface area contributed by atoms with Crippen molar-refractivity contribution >= 4 is 37.5 Å². The predicted octanol–water partition coefficient (Wildman–Crippen LogP) is 0.390. The van der Waals surface area contributed by atoms with E-state index in [2.05, 4.69) is 26.3 Å². The second-order valence-electron chi connectivity index (χ2n) is 4.49. The van der Waals surface area contributed by atoms with Crippen molar-refractivity contribution in [1.82, 2.24) is 9.88 Å². The zero-order valence-corrected chi connectivity index (χ0v) is 13.1. The molecule has 1 aromatic heterocycles. The van der Waals surface area contributed by atoms with Crippen LogP contribution in [0, 0.1) is 0 Å². The molecule has 0 aliphatic carbocycles. The van der Waals surface area contributed by atoms with Crippen molar-refractivity contribution in [3.63, 3.8) is 0 Å². The van der Waals surface area contributed by atoms with Crippen molar-refractivity contribution in [2.45, 2.75) is 6.42 Å². The molecule has 0 unspecified atom stereocenters. The van der Waals surface area contributed by atoms with Crippen molar-refractivity contribution in [1.29, 1.82) is 0 Å². The fourth-order valence-electron chi connectivity index (χ4n) is 2.03. The number of nitrogens with one attached hydrogen (secondary N) is 1. The topological polar surface area (TPSA) is 105 Å². The SMILES string of the molecule is NNc1ncc(Br)cc1C(=O)N1CCCS(=O)(=O)CC1. The first-order valence-electron chi connectivity index (χ1n) is 6.05. The summed E-state index contributed by atoms with van der Waals surface area (Å²) in [6, 6.07) is 1.61. The zero-order chi connectivity index (χ0) is 14.8. The van der Waals surface area contributed by atoms with Crippen LogP contribution in [0.15, 0.2) is 16.7 Å². The summed E-state index contributed by atoms with van der Waals surface area (Å²) >= 11 is 3.25. The lowest BCUT2D eigenvalue weighted by Gasteiger charge is -2.20. The quantitative estimate of drug-likeness (QED) is 0.582. The number of hydrogen-bond donors (Lipinski definition) is 2. The molecule has 0 aromatic carbocycles. The molecule has 110 valence electrons. The summed E-state index contributed by atoms with van der Waals surface area (Å²) in [5, 5.41) is 0. The molecule has 9 heteroatoms. The van der Waals surface area contributed by atoms with Gasteiger partial charge in [-0.15, -0.1) is 0 Å². The molecule has 0 radical (unpaired) electrons. The molecule has 1 fully saturated rings. The van der Waals surface area contributed by atoms with Crippen LogP contribution in [0.25, 0.3) is 0 Å². The summed E-state index contributed by atoms with van der Waals surface area (Å²) in [4.78, 5) is 18.0. The average Bonchev–Trinajstić information content (AvgIpc) is 2.59. The Bertz CT molecular complexity index is 620. The molecule has 0 atom stereocenters. The van der Waals surface area contributed by atoms with Crippen LogP contribution in [-0.4, -0.2) is 48.8 Å². The molecular formula is C11H15BrN4O3S. The van der Waals surface area contributed by atoms with Crippen LogP contribution < -0.4 is 11.3 Å². The van der Waals surface area contributed by atoms with E-state index < -0.39 is 9.84 Å². The largest absolute Gasteiger partial charge is 0.337 e. The van der Waals surface area contributed by atoms with Crippen LogP contribution in [0.5, 0.6) is 0 Å². The lowest BCUT2D eigenvalue weighted by molar-refractivity contribution is 0.0769. The summed E-state index contributed by atoms with van der Waals surface area (Å²) in [7, 11) is -3.05. The number of sulfone groups is 1. The van der Waals surface area contributed by atoms with Crippen LogP contribution in [0.4, 0.5) is 5.82 Å². The molecule has 2 rings (SSSR count). The first kappa shape index (κ1) is 15.2. The number of hydrogen-bond acceptors (Lipinski definition) is 6. The molecule has 0 bridgehead atoms. The van der Waals surface area contributed by atoms with E-state index in [9.17, 15) is 13.2 Å². The Morgan fingerprint density at radius 3 is 2.85 bits per heavy atom. The Morgan fingerprint density at radius 1 is 1.40 bits per heavy atom. The second kappa shape index (κ2) is 6.06. The van der Waals surface area contributed by atoms with Gasteiger partial charge >= 0.3 is 0 Å². The van der Waals surface area contributed by atoms with E-state index in [1.165, 1.54) is 11.1 Å². The molecule has 7 nitrogen and oxygen atoms in total. The minimum atomic E-state index is -3.05. The number of nitrogens with two attached hydrogens (primary N) is 1. The van der Waals surface area contributed by atoms with Crippen molar-refractivity contribution in [3.8, 4) is 0 Å². The van der Waals surface area contributed by atoms with Crippen LogP contribution in [0.1, 0.15) is 16.8 Å². The molecular weight excluding hydrogens is 348 g/mol. The Labute approximate surface area is 125 Å². The molecule has 20 heavy (non-hydrogen) atoms. The normalized spacial score (nSPS) is 18.4. The fourth-order valence-corrected chi connectivity index (χ4v) is 3.63. The smallest absolute Gasteiger partial charge is 0.257 e. The molecule has 2 heterocycles. The van der Waals surface area contributed by atoms with Gasteiger partial charge in [-0.1, -0.05) is 0 Å². The van der Waals surface area contributed by atoms with Gasteiger partial charge in [0.15, 0.2) is 15.7 Å². The maximum absolute atomic E-state index is 12.5. The number of halogens is 1. The second-order valence-corrected chi connectivity index (χ2v) is 7.71. The summed E-state index contributed by atoms with van der Waals surface area (Å²) < 4.78 is 23.8.